The van der Waals surface area contributed by atoms with Gasteiger partial charge in [0.15, 0.2) is 5.96 Å². The lowest BCUT2D eigenvalue weighted by molar-refractivity contribution is -0.121. The minimum absolute atomic E-state index is 0.0668. The van der Waals surface area contributed by atoms with Crippen LogP contribution in [0.15, 0.2) is 27.7 Å². The van der Waals surface area contributed by atoms with Gasteiger partial charge in [0.2, 0.25) is 5.91 Å². The summed E-state index contributed by atoms with van der Waals surface area (Å²) in [5.41, 5.74) is 0.611. The van der Waals surface area contributed by atoms with Gasteiger partial charge in [-0.25, -0.2) is 0 Å². The van der Waals surface area contributed by atoms with Crippen molar-refractivity contribution in [1.29, 1.82) is 0 Å². The van der Waals surface area contributed by atoms with E-state index in [1.54, 1.807) is 26.2 Å². The molecule has 1 aliphatic rings. The molecular formula is C18H25BrF2N4O2. The average molecular weight is 447 g/mol. The number of rotatable bonds is 6. The second-order valence-electron chi connectivity index (χ2n) is 6.34. The summed E-state index contributed by atoms with van der Waals surface area (Å²) >= 11 is 3.35. The van der Waals surface area contributed by atoms with Crippen LogP contribution in [0.25, 0.3) is 0 Å². The molecule has 1 aromatic carbocycles. The smallest absolute Gasteiger partial charge is 0.387 e. The molecule has 0 saturated carbocycles. The minimum atomic E-state index is -2.87. The molecule has 150 valence electrons. The SMILES string of the molecule is CN=C(NCc1cc(Br)ccc1OC(F)F)N1CCC(CC(=O)NC)CC1. The molecule has 0 aliphatic carbocycles. The fraction of sp³-hybridized carbons (Fsp3) is 0.556. The summed E-state index contributed by atoms with van der Waals surface area (Å²) in [7, 11) is 3.34. The van der Waals surface area contributed by atoms with Gasteiger partial charge in [0.25, 0.3) is 0 Å². The third-order valence-electron chi connectivity index (χ3n) is 4.55. The molecule has 1 aromatic rings. The molecule has 1 saturated heterocycles. The summed E-state index contributed by atoms with van der Waals surface area (Å²) in [5.74, 6) is 1.28. The van der Waals surface area contributed by atoms with E-state index in [1.807, 2.05) is 0 Å². The number of halogens is 3. The number of alkyl halides is 2. The molecule has 1 aliphatic heterocycles. The summed E-state index contributed by atoms with van der Waals surface area (Å²) in [6.45, 7) is -0.976. The number of carbonyl (C=O) groups is 1. The number of nitrogens with one attached hydrogen (secondary N) is 2. The van der Waals surface area contributed by atoms with Gasteiger partial charge in [-0.05, 0) is 37.0 Å². The molecule has 0 aromatic heterocycles. The lowest BCUT2D eigenvalue weighted by Crippen LogP contribution is -2.45. The van der Waals surface area contributed by atoms with E-state index in [1.165, 1.54) is 6.07 Å². The number of ether oxygens (including phenoxy) is 1. The number of piperidine rings is 1. The van der Waals surface area contributed by atoms with E-state index >= 15 is 0 Å². The van der Waals surface area contributed by atoms with Gasteiger partial charge >= 0.3 is 6.61 Å². The normalized spacial score (nSPS) is 15.8. The summed E-state index contributed by atoms with van der Waals surface area (Å²) < 4.78 is 30.6. The number of nitrogens with zero attached hydrogens (tertiary/aromatic N) is 2. The number of guanidine groups is 1. The standard InChI is InChI=1S/C18H25BrF2N4O2/c1-22-16(26)9-12-5-7-25(8-6-12)18(23-2)24-11-13-10-14(19)3-4-15(13)27-17(20)21/h3-4,10,12,17H,5-9,11H2,1-2H3,(H,22,26)(H,23,24). The molecule has 1 amide bonds. The first-order valence-corrected chi connectivity index (χ1v) is 9.61. The van der Waals surface area contributed by atoms with E-state index in [0.717, 1.165) is 30.4 Å². The maximum atomic E-state index is 12.6. The lowest BCUT2D eigenvalue weighted by Gasteiger charge is -2.34. The number of carbonyl (C=O) groups excluding carboxylic acids is 1. The van der Waals surface area contributed by atoms with Crippen molar-refractivity contribution >= 4 is 27.8 Å². The van der Waals surface area contributed by atoms with Crippen LogP contribution in [0.4, 0.5) is 8.78 Å². The van der Waals surface area contributed by atoms with Crippen molar-refractivity contribution < 1.29 is 18.3 Å². The molecule has 1 fully saturated rings. The van der Waals surface area contributed by atoms with Gasteiger partial charge in [0.1, 0.15) is 5.75 Å². The summed E-state index contributed by atoms with van der Waals surface area (Å²) in [6.07, 6.45) is 2.36. The number of benzene rings is 1. The zero-order valence-corrected chi connectivity index (χ0v) is 17.1. The second kappa shape index (κ2) is 10.4. The van der Waals surface area contributed by atoms with Crippen molar-refractivity contribution in [2.45, 2.75) is 32.4 Å². The third kappa shape index (κ3) is 6.64. The molecule has 2 rings (SSSR count). The number of hydrogen-bond donors (Lipinski definition) is 2. The fourth-order valence-corrected chi connectivity index (χ4v) is 3.53. The summed E-state index contributed by atoms with van der Waals surface area (Å²) in [6, 6.07) is 4.92. The highest BCUT2D eigenvalue weighted by Crippen LogP contribution is 2.25. The first-order valence-electron chi connectivity index (χ1n) is 8.82. The zero-order chi connectivity index (χ0) is 19.8. The molecule has 27 heavy (non-hydrogen) atoms. The Hall–Kier alpha value is -1.90. The molecule has 0 atom stereocenters. The Morgan fingerprint density at radius 2 is 2.11 bits per heavy atom. The monoisotopic (exact) mass is 446 g/mol. The van der Waals surface area contributed by atoms with Gasteiger partial charge in [-0.15, -0.1) is 0 Å². The van der Waals surface area contributed by atoms with Crippen LogP contribution in [-0.4, -0.2) is 50.6 Å². The predicted molar refractivity (Wildman–Crippen MR) is 104 cm³/mol. The minimum Gasteiger partial charge on any atom is -0.434 e. The maximum absolute atomic E-state index is 12.6. The van der Waals surface area contributed by atoms with E-state index in [9.17, 15) is 13.6 Å². The quantitative estimate of drug-likeness (QED) is 0.520. The van der Waals surface area contributed by atoms with Crippen LogP contribution >= 0.6 is 15.9 Å². The van der Waals surface area contributed by atoms with Crippen LogP contribution < -0.4 is 15.4 Å². The Labute approximate surface area is 166 Å². The number of likely N-dealkylation sites (tertiary alicyclic amines) is 1. The van der Waals surface area contributed by atoms with Crippen LogP contribution in [0.2, 0.25) is 0 Å². The molecule has 9 heteroatoms. The Morgan fingerprint density at radius 1 is 1.41 bits per heavy atom. The molecule has 2 N–H and O–H groups in total. The van der Waals surface area contributed by atoms with Crippen LogP contribution in [0.1, 0.15) is 24.8 Å². The highest BCUT2D eigenvalue weighted by Gasteiger charge is 2.23. The number of amides is 1. The summed E-state index contributed by atoms with van der Waals surface area (Å²) in [5, 5.41) is 5.88. The Bertz CT molecular complexity index is 665. The summed E-state index contributed by atoms with van der Waals surface area (Å²) in [4.78, 5) is 17.9. The van der Waals surface area contributed by atoms with Gasteiger partial charge in [-0.3, -0.25) is 9.79 Å². The molecule has 0 bridgehead atoms. The lowest BCUT2D eigenvalue weighted by atomic mass is 9.93. The molecule has 0 unspecified atom stereocenters. The van der Waals surface area contributed by atoms with Gasteiger partial charge in [-0.1, -0.05) is 15.9 Å². The third-order valence-corrected chi connectivity index (χ3v) is 5.05. The van der Waals surface area contributed by atoms with Crippen LogP contribution in [0.3, 0.4) is 0 Å². The highest BCUT2D eigenvalue weighted by molar-refractivity contribution is 9.10. The van der Waals surface area contributed by atoms with Crippen molar-refractivity contribution in [2.24, 2.45) is 10.9 Å². The Kier molecular flexibility index (Phi) is 8.27. The van der Waals surface area contributed by atoms with Crippen LogP contribution in [-0.2, 0) is 11.3 Å². The van der Waals surface area contributed by atoms with Crippen LogP contribution in [0, 0.1) is 5.92 Å². The van der Waals surface area contributed by atoms with E-state index in [-0.39, 0.29) is 11.7 Å². The van der Waals surface area contributed by atoms with Crippen molar-refractivity contribution in [3.63, 3.8) is 0 Å². The average Bonchev–Trinajstić information content (AvgIpc) is 2.65. The van der Waals surface area contributed by atoms with E-state index in [4.69, 9.17) is 0 Å². The Morgan fingerprint density at radius 3 is 2.70 bits per heavy atom. The Balaban J connectivity index is 1.93. The number of hydrogen-bond acceptors (Lipinski definition) is 3. The zero-order valence-electron chi connectivity index (χ0n) is 15.5. The van der Waals surface area contributed by atoms with Crippen molar-refractivity contribution in [1.82, 2.24) is 15.5 Å². The van der Waals surface area contributed by atoms with E-state index < -0.39 is 6.61 Å². The van der Waals surface area contributed by atoms with Crippen molar-refractivity contribution in [2.75, 3.05) is 27.2 Å². The molecule has 6 nitrogen and oxygen atoms in total. The van der Waals surface area contributed by atoms with Gasteiger partial charge in [-0.2, -0.15) is 8.78 Å². The predicted octanol–water partition coefficient (Wildman–Crippen LogP) is 2.97. The highest BCUT2D eigenvalue weighted by atomic mass is 79.9. The van der Waals surface area contributed by atoms with Gasteiger partial charge in [0, 0.05) is 50.2 Å². The second-order valence-corrected chi connectivity index (χ2v) is 7.25. The van der Waals surface area contributed by atoms with E-state index in [2.05, 4.69) is 41.2 Å². The van der Waals surface area contributed by atoms with E-state index in [0.29, 0.717) is 30.4 Å². The van der Waals surface area contributed by atoms with Gasteiger partial charge < -0.3 is 20.3 Å². The largest absolute Gasteiger partial charge is 0.434 e. The topological polar surface area (TPSA) is 66.0 Å². The number of aliphatic imine (C=N–C) groups is 1. The fourth-order valence-electron chi connectivity index (χ4n) is 3.12. The maximum Gasteiger partial charge on any atom is 0.387 e. The van der Waals surface area contributed by atoms with Crippen LogP contribution in [0.5, 0.6) is 5.75 Å². The van der Waals surface area contributed by atoms with Gasteiger partial charge in [0.05, 0.1) is 0 Å². The molecular weight excluding hydrogens is 422 g/mol. The van der Waals surface area contributed by atoms with Crippen molar-refractivity contribution in [3.8, 4) is 5.75 Å². The molecule has 0 spiro atoms. The molecule has 0 radical (unpaired) electrons. The molecule has 1 heterocycles. The van der Waals surface area contributed by atoms with Crippen molar-refractivity contribution in [3.05, 3.63) is 28.2 Å². The first-order chi connectivity index (χ1) is 12.9. The first kappa shape index (κ1) is 21.4.